The third kappa shape index (κ3) is 3.63. The fourth-order valence-electron chi connectivity index (χ4n) is 1.78. The van der Waals surface area contributed by atoms with Gasteiger partial charge in [-0.25, -0.2) is 0 Å². The van der Waals surface area contributed by atoms with Gasteiger partial charge in [-0.05, 0) is 17.7 Å². The molecule has 0 aliphatic heterocycles. The van der Waals surface area contributed by atoms with Gasteiger partial charge in [-0.1, -0.05) is 18.7 Å². The van der Waals surface area contributed by atoms with E-state index < -0.39 is 6.36 Å². The summed E-state index contributed by atoms with van der Waals surface area (Å²) in [7, 11) is 0. The van der Waals surface area contributed by atoms with Gasteiger partial charge in [0, 0.05) is 17.3 Å². The maximum absolute atomic E-state index is 12.4. The molecule has 1 aromatic heterocycles. The fraction of sp³-hybridized carbons (Fsp3) is 0.143. The minimum atomic E-state index is -4.78. The lowest BCUT2D eigenvalue weighted by Gasteiger charge is -2.13. The minimum absolute atomic E-state index is 0.0105. The topological polar surface area (TPSA) is 50.8 Å². The van der Waals surface area contributed by atoms with Crippen LogP contribution < -0.4 is 4.74 Å². The van der Waals surface area contributed by atoms with E-state index in [9.17, 15) is 13.2 Å². The van der Waals surface area contributed by atoms with Crippen LogP contribution in [0.25, 0.3) is 17.2 Å². The third-order valence-corrected chi connectivity index (χ3v) is 2.64. The smallest absolute Gasteiger partial charge is 0.405 e. The van der Waals surface area contributed by atoms with E-state index in [1.165, 1.54) is 41.4 Å². The van der Waals surface area contributed by atoms with Crippen molar-refractivity contribution in [3.05, 3.63) is 42.7 Å². The van der Waals surface area contributed by atoms with E-state index in [0.29, 0.717) is 11.1 Å². The normalized spacial score (nSPS) is 11.0. The Morgan fingerprint density at radius 3 is 2.81 bits per heavy atom. The lowest BCUT2D eigenvalue weighted by atomic mass is 10.0. The summed E-state index contributed by atoms with van der Waals surface area (Å²) in [5, 5.41) is 12.5. The highest BCUT2D eigenvalue weighted by Crippen LogP contribution is 2.34. The molecule has 0 spiro atoms. The summed E-state index contributed by atoms with van der Waals surface area (Å²) in [5.74, 6) is -0.329. The van der Waals surface area contributed by atoms with Crippen molar-refractivity contribution in [2.45, 2.75) is 12.9 Å². The van der Waals surface area contributed by atoms with E-state index >= 15 is 0 Å². The molecule has 2 rings (SSSR count). The Hall–Kier alpha value is -2.75. The molecule has 0 aliphatic carbocycles. The summed E-state index contributed by atoms with van der Waals surface area (Å²) in [6, 6.07) is 6.11. The van der Waals surface area contributed by atoms with Crippen molar-refractivity contribution in [1.82, 2.24) is 9.78 Å². The monoisotopic (exact) mass is 293 g/mol. The quantitative estimate of drug-likeness (QED) is 0.865. The fourth-order valence-corrected chi connectivity index (χ4v) is 1.78. The first-order valence-electron chi connectivity index (χ1n) is 5.85. The number of rotatable bonds is 4. The van der Waals surface area contributed by atoms with Crippen LogP contribution in [0.3, 0.4) is 0 Å². The van der Waals surface area contributed by atoms with Gasteiger partial charge in [0.2, 0.25) is 0 Å². The molecule has 1 heterocycles. The molecule has 0 fully saturated rings. The predicted molar refractivity (Wildman–Crippen MR) is 70.1 cm³/mol. The Kier molecular flexibility index (Phi) is 3.98. The molecule has 0 amide bonds. The Labute approximate surface area is 118 Å². The predicted octanol–water partition coefficient (Wildman–Crippen LogP) is 3.62. The van der Waals surface area contributed by atoms with E-state index in [0.717, 1.165) is 0 Å². The molecular weight excluding hydrogens is 283 g/mol. The van der Waals surface area contributed by atoms with Crippen molar-refractivity contribution in [3.8, 4) is 22.9 Å². The Balaban J connectivity index is 2.47. The summed E-state index contributed by atoms with van der Waals surface area (Å²) in [6.45, 7) is 3.59. The lowest BCUT2D eigenvalue weighted by molar-refractivity contribution is -0.274. The maximum Gasteiger partial charge on any atom is 0.573 e. The number of alkyl halides is 3. The van der Waals surface area contributed by atoms with Crippen LogP contribution in [-0.2, 0) is 6.54 Å². The highest BCUT2D eigenvalue weighted by atomic mass is 19.4. The van der Waals surface area contributed by atoms with Crippen LogP contribution in [0.1, 0.15) is 5.56 Å². The summed E-state index contributed by atoms with van der Waals surface area (Å²) in [6.07, 6.45) is -0.412. The van der Waals surface area contributed by atoms with Crippen LogP contribution >= 0.6 is 0 Å². The van der Waals surface area contributed by atoms with Crippen molar-refractivity contribution in [2.75, 3.05) is 0 Å². The Morgan fingerprint density at radius 1 is 1.43 bits per heavy atom. The molecule has 0 radical (unpaired) electrons. The van der Waals surface area contributed by atoms with Gasteiger partial charge < -0.3 is 4.74 Å². The number of hydrogen-bond donors (Lipinski definition) is 0. The van der Waals surface area contributed by atoms with E-state index in [1.807, 2.05) is 6.07 Å². The number of nitrogens with zero attached hydrogens (tertiary/aromatic N) is 3. The van der Waals surface area contributed by atoms with Crippen molar-refractivity contribution >= 4 is 6.08 Å². The molecule has 4 nitrogen and oxygen atoms in total. The number of ether oxygens (including phenoxy) is 1. The number of aromatic nitrogens is 2. The van der Waals surface area contributed by atoms with Gasteiger partial charge in [0.1, 0.15) is 12.3 Å². The van der Waals surface area contributed by atoms with E-state index in [-0.39, 0.29) is 17.9 Å². The second-order valence-electron chi connectivity index (χ2n) is 4.09. The zero-order chi connectivity index (χ0) is 15.5. The van der Waals surface area contributed by atoms with Gasteiger partial charge in [0.15, 0.2) is 0 Å². The summed E-state index contributed by atoms with van der Waals surface area (Å²) in [4.78, 5) is 0. The van der Waals surface area contributed by atoms with Gasteiger partial charge >= 0.3 is 6.36 Å². The first-order valence-corrected chi connectivity index (χ1v) is 5.85. The second-order valence-corrected chi connectivity index (χ2v) is 4.09. The number of benzene rings is 1. The van der Waals surface area contributed by atoms with Crippen LogP contribution in [0.4, 0.5) is 13.2 Å². The molecule has 1 aromatic carbocycles. The van der Waals surface area contributed by atoms with Gasteiger partial charge in [0.25, 0.3) is 0 Å². The molecular formula is C14H10F3N3O. The second kappa shape index (κ2) is 5.71. The van der Waals surface area contributed by atoms with Crippen LogP contribution in [0.15, 0.2) is 37.2 Å². The van der Waals surface area contributed by atoms with Crippen LogP contribution in [0.5, 0.6) is 5.75 Å². The summed E-state index contributed by atoms with van der Waals surface area (Å²) in [5.41, 5.74) is 1.30. The van der Waals surface area contributed by atoms with E-state index in [4.69, 9.17) is 5.26 Å². The lowest BCUT2D eigenvalue weighted by Crippen LogP contribution is -2.17. The van der Waals surface area contributed by atoms with Crippen molar-refractivity contribution in [1.29, 1.82) is 5.26 Å². The molecule has 0 bridgehead atoms. The van der Waals surface area contributed by atoms with Gasteiger partial charge in [-0.15, -0.1) is 13.2 Å². The summed E-state index contributed by atoms with van der Waals surface area (Å²) >= 11 is 0. The zero-order valence-electron chi connectivity index (χ0n) is 10.8. The molecule has 21 heavy (non-hydrogen) atoms. The Bertz CT molecular complexity index is 698. The van der Waals surface area contributed by atoms with Crippen LogP contribution in [-0.4, -0.2) is 16.1 Å². The average molecular weight is 293 g/mol. The molecule has 0 saturated carbocycles. The maximum atomic E-state index is 12.4. The Morgan fingerprint density at radius 2 is 2.19 bits per heavy atom. The van der Waals surface area contributed by atoms with Gasteiger partial charge in [-0.3, -0.25) is 4.68 Å². The average Bonchev–Trinajstić information content (AvgIpc) is 2.86. The zero-order valence-corrected chi connectivity index (χ0v) is 10.8. The summed E-state index contributed by atoms with van der Waals surface area (Å²) < 4.78 is 42.7. The minimum Gasteiger partial charge on any atom is -0.405 e. The van der Waals surface area contributed by atoms with E-state index in [1.54, 1.807) is 0 Å². The molecule has 0 aliphatic rings. The van der Waals surface area contributed by atoms with Crippen molar-refractivity contribution in [2.24, 2.45) is 0 Å². The standard InChI is InChI=1S/C14H10F3N3O/c1-2-10-3-4-13(21-14(15,16)17)12(7-10)11-8-19-20(9-11)6-5-18/h2-4,7-9H,1,6H2. The molecule has 108 valence electrons. The number of halogens is 3. The first-order chi connectivity index (χ1) is 9.93. The number of nitriles is 1. The molecule has 0 atom stereocenters. The highest BCUT2D eigenvalue weighted by molar-refractivity contribution is 5.72. The largest absolute Gasteiger partial charge is 0.573 e. The number of hydrogen-bond acceptors (Lipinski definition) is 3. The van der Waals surface area contributed by atoms with Crippen molar-refractivity contribution < 1.29 is 17.9 Å². The molecule has 0 saturated heterocycles. The third-order valence-electron chi connectivity index (χ3n) is 2.64. The van der Waals surface area contributed by atoms with Crippen molar-refractivity contribution in [3.63, 3.8) is 0 Å². The highest BCUT2D eigenvalue weighted by Gasteiger charge is 2.32. The SMILES string of the molecule is C=Cc1ccc(OC(F)(F)F)c(-c2cnn(CC#N)c2)c1. The van der Waals surface area contributed by atoms with E-state index in [2.05, 4.69) is 16.4 Å². The molecule has 2 aromatic rings. The van der Waals surface area contributed by atoms with Gasteiger partial charge in [-0.2, -0.15) is 10.4 Å². The van der Waals surface area contributed by atoms with Crippen LogP contribution in [0.2, 0.25) is 0 Å². The molecule has 0 N–H and O–H groups in total. The van der Waals surface area contributed by atoms with Gasteiger partial charge in [0.05, 0.1) is 12.3 Å². The molecule has 7 heteroatoms. The first kappa shape index (κ1) is 14.7. The molecule has 0 unspecified atom stereocenters. The van der Waals surface area contributed by atoms with Crippen LogP contribution in [0, 0.1) is 11.3 Å².